The van der Waals surface area contributed by atoms with Gasteiger partial charge in [-0.05, 0) is 43.2 Å². The standard InChI is InChI=1S/C23H21ClN2O5/c24-18-10-3-4-11-19(18)25-20(27)13-31-23(30)14-6-5-7-15(12-14)26-21(28)16-8-1-2-9-17(16)22(26)29/h3-7,10-12,16-17H,1-2,8-9,13H2,(H,25,27)/t16-,17-/m1/s1. The number of anilines is 2. The molecule has 3 amide bonds. The van der Waals surface area contributed by atoms with Gasteiger partial charge in [-0.25, -0.2) is 4.79 Å². The van der Waals surface area contributed by atoms with Gasteiger partial charge in [0.05, 0.1) is 33.8 Å². The molecule has 0 unspecified atom stereocenters. The number of carbonyl (C=O) groups is 4. The molecular weight excluding hydrogens is 420 g/mol. The Morgan fingerprint density at radius 1 is 1.00 bits per heavy atom. The van der Waals surface area contributed by atoms with E-state index in [-0.39, 0.29) is 29.2 Å². The van der Waals surface area contributed by atoms with E-state index in [1.165, 1.54) is 17.0 Å². The van der Waals surface area contributed by atoms with Crippen LogP contribution in [0.15, 0.2) is 48.5 Å². The molecule has 1 saturated carbocycles. The number of amides is 3. The summed E-state index contributed by atoms with van der Waals surface area (Å²) in [6, 6.07) is 12.9. The van der Waals surface area contributed by atoms with Crippen molar-refractivity contribution in [3.63, 3.8) is 0 Å². The van der Waals surface area contributed by atoms with E-state index in [1.54, 1.807) is 36.4 Å². The van der Waals surface area contributed by atoms with Gasteiger partial charge in [-0.1, -0.05) is 42.6 Å². The highest BCUT2D eigenvalue weighted by molar-refractivity contribution is 6.33. The minimum atomic E-state index is -0.729. The highest BCUT2D eigenvalue weighted by atomic mass is 35.5. The third-order valence-electron chi connectivity index (χ3n) is 5.66. The Balaban J connectivity index is 1.41. The van der Waals surface area contributed by atoms with Crippen LogP contribution in [0.2, 0.25) is 5.02 Å². The van der Waals surface area contributed by atoms with Crippen molar-refractivity contribution < 1.29 is 23.9 Å². The smallest absolute Gasteiger partial charge is 0.338 e. The normalized spacial score (nSPS) is 20.4. The van der Waals surface area contributed by atoms with Crippen molar-refractivity contribution in [1.82, 2.24) is 0 Å². The molecule has 0 aromatic heterocycles. The molecule has 160 valence electrons. The number of benzene rings is 2. The molecule has 4 rings (SSSR count). The highest BCUT2D eigenvalue weighted by Crippen LogP contribution is 2.40. The summed E-state index contributed by atoms with van der Waals surface area (Å²) in [7, 11) is 0. The van der Waals surface area contributed by atoms with Gasteiger partial charge in [0.25, 0.3) is 5.91 Å². The summed E-state index contributed by atoms with van der Waals surface area (Å²) in [6.07, 6.45) is 3.31. The monoisotopic (exact) mass is 440 g/mol. The number of carbonyl (C=O) groups excluding carboxylic acids is 4. The molecule has 2 aromatic carbocycles. The Morgan fingerprint density at radius 2 is 1.68 bits per heavy atom. The van der Waals surface area contributed by atoms with Crippen LogP contribution in [-0.4, -0.2) is 30.3 Å². The zero-order valence-corrected chi connectivity index (χ0v) is 17.4. The Kier molecular flexibility index (Phi) is 6.04. The molecule has 7 nitrogen and oxygen atoms in total. The van der Waals surface area contributed by atoms with Gasteiger partial charge in [0.1, 0.15) is 0 Å². The molecule has 31 heavy (non-hydrogen) atoms. The summed E-state index contributed by atoms with van der Waals surface area (Å²) < 4.78 is 5.09. The molecule has 0 spiro atoms. The van der Waals surface area contributed by atoms with Gasteiger partial charge in [-0.2, -0.15) is 0 Å². The average molecular weight is 441 g/mol. The maximum atomic E-state index is 12.8. The topological polar surface area (TPSA) is 92.8 Å². The second kappa shape index (κ2) is 8.89. The average Bonchev–Trinajstić information content (AvgIpc) is 3.04. The predicted molar refractivity (Wildman–Crippen MR) is 115 cm³/mol. The van der Waals surface area contributed by atoms with Crippen molar-refractivity contribution in [3.8, 4) is 0 Å². The Bertz CT molecular complexity index is 1030. The molecular formula is C23H21ClN2O5. The van der Waals surface area contributed by atoms with Crippen LogP contribution in [0.25, 0.3) is 0 Å². The van der Waals surface area contributed by atoms with Gasteiger partial charge in [0.2, 0.25) is 11.8 Å². The minimum Gasteiger partial charge on any atom is -0.452 e. The van der Waals surface area contributed by atoms with E-state index >= 15 is 0 Å². The zero-order valence-electron chi connectivity index (χ0n) is 16.7. The predicted octanol–water partition coefficient (Wildman–Crippen LogP) is 3.82. The van der Waals surface area contributed by atoms with Gasteiger partial charge in [0, 0.05) is 0 Å². The Hall–Kier alpha value is -3.19. The fourth-order valence-electron chi connectivity index (χ4n) is 4.15. The number of hydrogen-bond acceptors (Lipinski definition) is 5. The van der Waals surface area contributed by atoms with Gasteiger partial charge < -0.3 is 10.1 Å². The summed E-state index contributed by atoms with van der Waals surface area (Å²) in [5.74, 6) is -2.23. The van der Waals surface area contributed by atoms with E-state index in [0.717, 1.165) is 12.8 Å². The Morgan fingerprint density at radius 3 is 2.35 bits per heavy atom. The quantitative estimate of drug-likeness (QED) is 0.563. The number of esters is 1. The van der Waals surface area contributed by atoms with Crippen molar-refractivity contribution >= 4 is 46.7 Å². The lowest BCUT2D eigenvalue weighted by Crippen LogP contribution is -2.31. The first-order chi connectivity index (χ1) is 15.0. The number of nitrogens with one attached hydrogen (secondary N) is 1. The number of fused-ring (bicyclic) bond motifs is 1. The summed E-state index contributed by atoms with van der Waals surface area (Å²) in [5, 5.41) is 2.94. The molecule has 1 aliphatic heterocycles. The van der Waals surface area contributed by atoms with Gasteiger partial charge in [-0.15, -0.1) is 0 Å². The lowest BCUT2D eigenvalue weighted by molar-refractivity contribution is -0.122. The lowest BCUT2D eigenvalue weighted by atomic mass is 9.81. The van der Waals surface area contributed by atoms with E-state index in [2.05, 4.69) is 5.32 Å². The number of imide groups is 1. The number of nitrogens with zero attached hydrogens (tertiary/aromatic N) is 1. The first-order valence-corrected chi connectivity index (χ1v) is 10.5. The SMILES string of the molecule is O=C(COC(=O)c1cccc(N2C(=O)[C@@H]3CCCC[C@H]3C2=O)c1)Nc1ccccc1Cl. The van der Waals surface area contributed by atoms with Crippen LogP contribution in [0.1, 0.15) is 36.0 Å². The molecule has 0 bridgehead atoms. The van der Waals surface area contributed by atoms with E-state index in [4.69, 9.17) is 16.3 Å². The second-order valence-electron chi connectivity index (χ2n) is 7.66. The molecule has 2 aromatic rings. The van der Waals surface area contributed by atoms with Crippen LogP contribution < -0.4 is 10.2 Å². The van der Waals surface area contributed by atoms with Crippen LogP contribution in [0, 0.1) is 11.8 Å². The molecule has 1 heterocycles. The fourth-order valence-corrected chi connectivity index (χ4v) is 4.34. The van der Waals surface area contributed by atoms with Crippen molar-refractivity contribution in [3.05, 3.63) is 59.1 Å². The zero-order chi connectivity index (χ0) is 22.0. The minimum absolute atomic E-state index is 0.151. The van der Waals surface area contributed by atoms with Crippen molar-refractivity contribution in [2.75, 3.05) is 16.8 Å². The number of ether oxygens (including phenoxy) is 1. The van der Waals surface area contributed by atoms with Crippen molar-refractivity contribution in [2.45, 2.75) is 25.7 Å². The van der Waals surface area contributed by atoms with Crippen molar-refractivity contribution in [2.24, 2.45) is 11.8 Å². The molecule has 0 radical (unpaired) electrons. The summed E-state index contributed by atoms with van der Waals surface area (Å²) in [6.45, 7) is -0.500. The van der Waals surface area contributed by atoms with Crippen LogP contribution in [-0.2, 0) is 19.1 Å². The third-order valence-corrected chi connectivity index (χ3v) is 5.99. The fraction of sp³-hybridized carbons (Fsp3) is 0.304. The summed E-state index contributed by atoms with van der Waals surface area (Å²) in [5.41, 5.74) is 0.914. The lowest BCUT2D eigenvalue weighted by Gasteiger charge is -2.19. The molecule has 2 atom stereocenters. The molecule has 8 heteroatoms. The van der Waals surface area contributed by atoms with E-state index in [0.29, 0.717) is 29.2 Å². The van der Waals surface area contributed by atoms with Crippen LogP contribution >= 0.6 is 11.6 Å². The maximum Gasteiger partial charge on any atom is 0.338 e. The van der Waals surface area contributed by atoms with E-state index < -0.39 is 18.5 Å². The first-order valence-electron chi connectivity index (χ1n) is 10.1. The number of rotatable bonds is 5. The van der Waals surface area contributed by atoms with Gasteiger partial charge in [-0.3, -0.25) is 19.3 Å². The van der Waals surface area contributed by atoms with E-state index in [9.17, 15) is 19.2 Å². The molecule has 1 N–H and O–H groups in total. The first kappa shape index (κ1) is 21.1. The maximum absolute atomic E-state index is 12.8. The summed E-state index contributed by atoms with van der Waals surface area (Å²) >= 11 is 5.99. The molecule has 1 saturated heterocycles. The van der Waals surface area contributed by atoms with Gasteiger partial charge >= 0.3 is 5.97 Å². The largest absolute Gasteiger partial charge is 0.452 e. The van der Waals surface area contributed by atoms with Crippen LogP contribution in [0.5, 0.6) is 0 Å². The number of halogens is 1. The van der Waals surface area contributed by atoms with E-state index in [1.807, 2.05) is 0 Å². The van der Waals surface area contributed by atoms with Crippen LogP contribution in [0.4, 0.5) is 11.4 Å². The number of hydrogen-bond donors (Lipinski definition) is 1. The second-order valence-corrected chi connectivity index (χ2v) is 8.07. The summed E-state index contributed by atoms with van der Waals surface area (Å²) in [4.78, 5) is 51.2. The Labute approximate surface area is 184 Å². The molecule has 2 aliphatic rings. The number of para-hydroxylation sites is 1. The molecule has 1 aliphatic carbocycles. The third kappa shape index (κ3) is 4.32. The van der Waals surface area contributed by atoms with Gasteiger partial charge in [0.15, 0.2) is 6.61 Å². The highest BCUT2D eigenvalue weighted by Gasteiger charge is 2.48. The molecule has 2 fully saturated rings. The van der Waals surface area contributed by atoms with Crippen LogP contribution in [0.3, 0.4) is 0 Å². The van der Waals surface area contributed by atoms with Crippen molar-refractivity contribution in [1.29, 1.82) is 0 Å².